The van der Waals surface area contributed by atoms with E-state index in [0.29, 0.717) is 23.5 Å². The summed E-state index contributed by atoms with van der Waals surface area (Å²) in [5.74, 6) is 0.549. The molecular formula is C23H20BrNO4. The number of aliphatic hydroxyl groups is 2. The molecule has 5 nitrogen and oxygen atoms in total. The fraction of sp³-hybridized carbons (Fsp3) is 0.261. The van der Waals surface area contributed by atoms with Gasteiger partial charge < -0.3 is 19.7 Å². The molecule has 1 aliphatic heterocycles. The topological polar surface area (TPSA) is 71.8 Å². The lowest BCUT2D eigenvalue weighted by Crippen LogP contribution is -2.52. The fourth-order valence-corrected chi connectivity index (χ4v) is 5.28. The maximum atomic E-state index is 12.2. The van der Waals surface area contributed by atoms with E-state index < -0.39 is 17.3 Å². The molecule has 0 radical (unpaired) electrons. The van der Waals surface area contributed by atoms with Gasteiger partial charge in [0.2, 0.25) is 0 Å². The number of nitrogens with zero attached hydrogens (tertiary/aromatic N) is 1. The second-order valence-corrected chi connectivity index (χ2v) is 8.46. The Balaban J connectivity index is 1.82. The van der Waals surface area contributed by atoms with Gasteiger partial charge in [-0.3, -0.25) is 4.98 Å². The van der Waals surface area contributed by atoms with Gasteiger partial charge in [0.15, 0.2) is 11.2 Å². The molecular weight excluding hydrogens is 434 g/mol. The Labute approximate surface area is 177 Å². The van der Waals surface area contributed by atoms with Crippen LogP contribution in [0.3, 0.4) is 0 Å². The summed E-state index contributed by atoms with van der Waals surface area (Å²) in [6, 6.07) is 17.6. The number of aliphatic hydroxyl groups excluding tert-OH is 1. The Hall–Kier alpha value is -2.41. The Kier molecular flexibility index (Phi) is 4.21. The number of hydrogen-bond donors (Lipinski definition) is 2. The second kappa shape index (κ2) is 6.55. The summed E-state index contributed by atoms with van der Waals surface area (Å²) >= 11 is 3.48. The number of ether oxygens (including phenoxy) is 2. The summed E-state index contributed by atoms with van der Waals surface area (Å²) in [6.07, 6.45) is 2.42. The van der Waals surface area contributed by atoms with E-state index in [0.717, 1.165) is 15.6 Å². The van der Waals surface area contributed by atoms with E-state index in [4.69, 9.17) is 9.47 Å². The van der Waals surface area contributed by atoms with E-state index in [1.54, 1.807) is 12.4 Å². The van der Waals surface area contributed by atoms with Crippen molar-refractivity contribution in [1.29, 1.82) is 0 Å². The molecule has 4 atom stereocenters. The van der Waals surface area contributed by atoms with Gasteiger partial charge in [-0.05, 0) is 29.7 Å². The average molecular weight is 454 g/mol. The monoisotopic (exact) mass is 453 g/mol. The lowest BCUT2D eigenvalue weighted by Gasteiger charge is -2.40. The van der Waals surface area contributed by atoms with E-state index in [1.165, 1.54) is 7.11 Å². The van der Waals surface area contributed by atoms with E-state index in [1.807, 2.05) is 54.6 Å². The molecule has 1 aromatic heterocycles. The van der Waals surface area contributed by atoms with Crippen LogP contribution in [0.2, 0.25) is 0 Å². The van der Waals surface area contributed by atoms with Gasteiger partial charge in [0, 0.05) is 10.4 Å². The zero-order valence-electron chi connectivity index (χ0n) is 15.7. The predicted molar refractivity (Wildman–Crippen MR) is 111 cm³/mol. The minimum Gasteiger partial charge on any atom is -0.495 e. The largest absolute Gasteiger partial charge is 0.495 e. The highest BCUT2D eigenvalue weighted by atomic mass is 79.9. The van der Waals surface area contributed by atoms with Crippen molar-refractivity contribution < 1.29 is 19.7 Å². The molecule has 2 N–H and O–H groups in total. The summed E-state index contributed by atoms with van der Waals surface area (Å²) in [6.45, 7) is 0. The molecule has 0 saturated heterocycles. The van der Waals surface area contributed by atoms with Crippen molar-refractivity contribution in [3.8, 4) is 11.5 Å². The van der Waals surface area contributed by atoms with Gasteiger partial charge in [-0.1, -0.05) is 58.4 Å². The molecule has 6 heteroatoms. The van der Waals surface area contributed by atoms with Crippen molar-refractivity contribution in [1.82, 2.24) is 4.98 Å². The van der Waals surface area contributed by atoms with Crippen molar-refractivity contribution in [2.24, 2.45) is 0 Å². The third-order valence-corrected chi connectivity index (χ3v) is 6.75. The van der Waals surface area contributed by atoms with Crippen LogP contribution in [0.1, 0.15) is 29.0 Å². The van der Waals surface area contributed by atoms with E-state index in [2.05, 4.69) is 20.9 Å². The number of hydrogen-bond acceptors (Lipinski definition) is 5. The lowest BCUT2D eigenvalue weighted by atomic mass is 9.71. The van der Waals surface area contributed by atoms with Crippen LogP contribution >= 0.6 is 15.9 Å². The number of aromatic nitrogens is 1. The molecule has 0 spiro atoms. The quantitative estimate of drug-likeness (QED) is 0.629. The summed E-state index contributed by atoms with van der Waals surface area (Å²) in [5, 5.41) is 23.4. The van der Waals surface area contributed by atoms with Crippen LogP contribution in [0.15, 0.2) is 71.5 Å². The molecule has 3 unspecified atom stereocenters. The highest BCUT2D eigenvalue weighted by Gasteiger charge is 2.73. The third-order valence-electron chi connectivity index (χ3n) is 6.22. The lowest BCUT2D eigenvalue weighted by molar-refractivity contribution is -0.150. The maximum absolute atomic E-state index is 12.2. The molecule has 2 aliphatic rings. The normalized spacial score (nSPS) is 29.8. The van der Waals surface area contributed by atoms with Gasteiger partial charge >= 0.3 is 0 Å². The molecule has 148 valence electrons. The van der Waals surface area contributed by atoms with Gasteiger partial charge in [0.25, 0.3) is 0 Å². The van der Waals surface area contributed by atoms with Crippen molar-refractivity contribution in [3.63, 3.8) is 0 Å². The average Bonchev–Trinajstić information content (AvgIpc) is 3.15. The molecule has 2 aromatic carbocycles. The fourth-order valence-electron chi connectivity index (χ4n) is 5.01. The first-order valence-corrected chi connectivity index (χ1v) is 10.2. The van der Waals surface area contributed by atoms with Crippen LogP contribution in [0.5, 0.6) is 11.5 Å². The van der Waals surface area contributed by atoms with Crippen LogP contribution in [-0.4, -0.2) is 28.4 Å². The predicted octanol–water partition coefficient (Wildman–Crippen LogP) is 3.88. The molecule has 1 fully saturated rings. The van der Waals surface area contributed by atoms with Crippen LogP contribution < -0.4 is 9.47 Å². The minimum absolute atomic E-state index is 0.276. The Morgan fingerprint density at radius 3 is 2.52 bits per heavy atom. The van der Waals surface area contributed by atoms with Crippen molar-refractivity contribution in [2.45, 2.75) is 29.6 Å². The number of benzene rings is 2. The van der Waals surface area contributed by atoms with Gasteiger partial charge in [0.1, 0.15) is 11.5 Å². The molecule has 29 heavy (non-hydrogen) atoms. The SMILES string of the molecule is COc1cncc2c1C1(O)[C@H](O)CC(c3ccccc3)C1(c1ccc(Br)cc1)O2. The van der Waals surface area contributed by atoms with Crippen LogP contribution in [0, 0.1) is 0 Å². The second-order valence-electron chi connectivity index (χ2n) is 7.54. The Morgan fingerprint density at radius 2 is 1.83 bits per heavy atom. The molecule has 3 aromatic rings. The molecule has 1 saturated carbocycles. The highest BCUT2D eigenvalue weighted by Crippen LogP contribution is 2.67. The minimum atomic E-state index is -1.69. The summed E-state index contributed by atoms with van der Waals surface area (Å²) in [7, 11) is 1.52. The number of rotatable bonds is 3. The van der Waals surface area contributed by atoms with E-state index in [9.17, 15) is 10.2 Å². The molecule has 0 amide bonds. The van der Waals surface area contributed by atoms with Gasteiger partial charge in [-0.25, -0.2) is 0 Å². The standard InChI is InChI=1S/C23H20BrNO4/c1-28-18-12-25-13-19-21(18)22(27)20(26)11-17(14-5-3-2-4-6-14)23(22,29-19)15-7-9-16(24)10-8-15/h2-10,12-13,17,20,26-27H,11H2,1H3/t17?,20-,22?,23?/m1/s1. The van der Waals surface area contributed by atoms with Crippen molar-refractivity contribution >= 4 is 15.9 Å². The number of methoxy groups -OCH3 is 1. The van der Waals surface area contributed by atoms with Crippen LogP contribution in [0.25, 0.3) is 0 Å². The Morgan fingerprint density at radius 1 is 1.10 bits per heavy atom. The van der Waals surface area contributed by atoms with Gasteiger partial charge in [-0.15, -0.1) is 0 Å². The van der Waals surface area contributed by atoms with Crippen molar-refractivity contribution in [3.05, 3.63) is 88.2 Å². The summed E-state index contributed by atoms with van der Waals surface area (Å²) in [4.78, 5) is 4.20. The zero-order valence-corrected chi connectivity index (χ0v) is 17.3. The zero-order chi connectivity index (χ0) is 20.2. The van der Waals surface area contributed by atoms with Crippen molar-refractivity contribution in [2.75, 3.05) is 7.11 Å². The molecule has 0 bridgehead atoms. The van der Waals surface area contributed by atoms with Gasteiger partial charge in [0.05, 0.1) is 31.2 Å². The highest BCUT2D eigenvalue weighted by molar-refractivity contribution is 9.10. The van der Waals surface area contributed by atoms with Gasteiger partial charge in [-0.2, -0.15) is 0 Å². The maximum Gasteiger partial charge on any atom is 0.176 e. The molecule has 5 rings (SSSR count). The number of pyridine rings is 1. The summed E-state index contributed by atoms with van der Waals surface area (Å²) in [5.41, 5.74) is -0.682. The van der Waals surface area contributed by atoms with Crippen LogP contribution in [0.4, 0.5) is 0 Å². The van der Waals surface area contributed by atoms with E-state index in [-0.39, 0.29) is 5.92 Å². The number of halogens is 1. The van der Waals surface area contributed by atoms with Crippen LogP contribution in [-0.2, 0) is 11.2 Å². The molecule has 2 heterocycles. The third kappa shape index (κ3) is 2.37. The molecule has 1 aliphatic carbocycles. The number of fused-ring (bicyclic) bond motifs is 3. The summed E-state index contributed by atoms with van der Waals surface area (Å²) < 4.78 is 13.0. The first kappa shape index (κ1) is 18.6. The first-order chi connectivity index (χ1) is 14.0. The first-order valence-electron chi connectivity index (χ1n) is 9.45. The Bertz CT molecular complexity index is 1060. The van der Waals surface area contributed by atoms with E-state index >= 15 is 0 Å². The smallest absolute Gasteiger partial charge is 0.176 e.